The van der Waals surface area contributed by atoms with E-state index in [2.05, 4.69) is 5.10 Å². The van der Waals surface area contributed by atoms with Gasteiger partial charge in [-0.1, -0.05) is 0 Å². The topological polar surface area (TPSA) is 76.9 Å². The average Bonchev–Trinajstić information content (AvgIpc) is 3.07. The highest BCUT2D eigenvalue weighted by Crippen LogP contribution is 2.23. The summed E-state index contributed by atoms with van der Waals surface area (Å²) < 4.78 is 6.90. The third-order valence-electron chi connectivity index (χ3n) is 4.11. The largest absolute Gasteiger partial charge is 0.372 e. The van der Waals surface area contributed by atoms with E-state index < -0.39 is 6.04 Å². The molecule has 0 N–H and O–H groups in total. The molecule has 3 rings (SSSR count). The fourth-order valence-electron chi connectivity index (χ4n) is 2.88. The molecule has 0 saturated carbocycles. The molecule has 3 heterocycles. The summed E-state index contributed by atoms with van der Waals surface area (Å²) in [6.45, 7) is 4.23. The van der Waals surface area contributed by atoms with E-state index in [0.717, 1.165) is 18.5 Å². The Kier molecular flexibility index (Phi) is 4.92. The van der Waals surface area contributed by atoms with Crippen LogP contribution in [-0.4, -0.2) is 64.5 Å². The van der Waals surface area contributed by atoms with Crippen molar-refractivity contribution in [2.75, 3.05) is 32.9 Å². The number of fused-ring (bicyclic) bond motifs is 1. The van der Waals surface area contributed by atoms with Crippen LogP contribution in [0.1, 0.15) is 31.5 Å². The molecule has 1 fully saturated rings. The van der Waals surface area contributed by atoms with E-state index in [1.807, 2.05) is 13.0 Å². The number of hydroxylamine groups is 2. The van der Waals surface area contributed by atoms with Crippen LogP contribution < -0.4 is 0 Å². The molecule has 126 valence electrons. The lowest BCUT2D eigenvalue weighted by molar-refractivity contribution is -0.201. The van der Waals surface area contributed by atoms with E-state index in [4.69, 9.17) is 9.57 Å². The predicted molar refractivity (Wildman–Crippen MR) is 80.1 cm³/mol. The van der Waals surface area contributed by atoms with Gasteiger partial charge in [-0.15, -0.1) is 0 Å². The first kappa shape index (κ1) is 15.9. The Labute approximate surface area is 134 Å². The maximum Gasteiger partial charge on any atom is 0.272 e. The minimum absolute atomic E-state index is 0.0335. The van der Waals surface area contributed by atoms with Crippen molar-refractivity contribution >= 4 is 11.8 Å². The van der Waals surface area contributed by atoms with Crippen molar-refractivity contribution in [1.82, 2.24) is 19.7 Å². The van der Waals surface area contributed by atoms with Gasteiger partial charge in [0.15, 0.2) is 6.04 Å². The molecule has 1 aromatic rings. The minimum atomic E-state index is -0.544. The zero-order chi connectivity index (χ0) is 16.2. The minimum Gasteiger partial charge on any atom is -0.372 e. The number of amides is 2. The van der Waals surface area contributed by atoms with Gasteiger partial charge >= 0.3 is 0 Å². The summed E-state index contributed by atoms with van der Waals surface area (Å²) in [5.41, 5.74) is 0.844. The number of ether oxygens (including phenoxy) is 1. The number of nitrogens with zero attached hydrogens (tertiary/aromatic N) is 4. The maximum absolute atomic E-state index is 12.8. The molecule has 8 heteroatoms. The van der Waals surface area contributed by atoms with Crippen LogP contribution in [0.15, 0.2) is 12.3 Å². The fourth-order valence-corrected chi connectivity index (χ4v) is 2.88. The van der Waals surface area contributed by atoms with E-state index in [9.17, 15) is 9.59 Å². The van der Waals surface area contributed by atoms with Crippen molar-refractivity contribution < 1.29 is 19.2 Å². The molecular formula is C15H22N4O4. The van der Waals surface area contributed by atoms with Gasteiger partial charge in [-0.05, 0) is 25.8 Å². The Morgan fingerprint density at radius 3 is 3.04 bits per heavy atom. The Morgan fingerprint density at radius 2 is 2.30 bits per heavy atom. The molecule has 1 saturated heterocycles. The second-order valence-corrected chi connectivity index (χ2v) is 5.67. The lowest BCUT2D eigenvalue weighted by Crippen LogP contribution is -2.49. The normalized spacial score (nSPS) is 21.2. The van der Waals surface area contributed by atoms with Gasteiger partial charge in [-0.3, -0.25) is 19.1 Å². The molecule has 2 aliphatic heterocycles. The van der Waals surface area contributed by atoms with Crippen LogP contribution in [0.25, 0.3) is 0 Å². The summed E-state index contributed by atoms with van der Waals surface area (Å²) in [4.78, 5) is 32.1. The van der Waals surface area contributed by atoms with Crippen molar-refractivity contribution in [2.45, 2.75) is 32.4 Å². The van der Waals surface area contributed by atoms with E-state index >= 15 is 0 Å². The molecular weight excluding hydrogens is 300 g/mol. The number of hydrogen-bond acceptors (Lipinski definition) is 5. The van der Waals surface area contributed by atoms with Gasteiger partial charge in [0, 0.05) is 19.3 Å². The summed E-state index contributed by atoms with van der Waals surface area (Å²) >= 11 is 0. The monoisotopic (exact) mass is 322 g/mol. The molecule has 1 unspecified atom stereocenters. The highest BCUT2D eigenvalue weighted by molar-refractivity contribution is 5.82. The first-order valence-corrected chi connectivity index (χ1v) is 8.03. The highest BCUT2D eigenvalue weighted by atomic mass is 16.7. The Hall–Kier alpha value is -1.93. The van der Waals surface area contributed by atoms with Gasteiger partial charge < -0.3 is 9.64 Å². The molecule has 2 aliphatic rings. The van der Waals surface area contributed by atoms with Crippen molar-refractivity contribution in [3.63, 3.8) is 0 Å². The molecule has 0 aromatic carbocycles. The zero-order valence-corrected chi connectivity index (χ0v) is 13.3. The Bertz CT molecular complexity index is 568. The summed E-state index contributed by atoms with van der Waals surface area (Å²) in [5, 5.41) is 5.67. The molecule has 0 spiro atoms. The van der Waals surface area contributed by atoms with Crippen LogP contribution in [0.4, 0.5) is 0 Å². The maximum atomic E-state index is 12.8. The van der Waals surface area contributed by atoms with Crippen LogP contribution in [-0.2, 0) is 25.7 Å². The van der Waals surface area contributed by atoms with Gasteiger partial charge in [0.25, 0.3) is 5.91 Å². The molecule has 0 bridgehead atoms. The van der Waals surface area contributed by atoms with Gasteiger partial charge in [-0.25, -0.2) is 5.06 Å². The van der Waals surface area contributed by atoms with E-state index in [0.29, 0.717) is 32.8 Å². The van der Waals surface area contributed by atoms with Gasteiger partial charge in [-0.2, -0.15) is 5.10 Å². The quantitative estimate of drug-likeness (QED) is 0.800. The predicted octanol–water partition coefficient (Wildman–Crippen LogP) is 0.357. The number of carbonyl (C=O) groups is 2. The lowest BCUT2D eigenvalue weighted by atomic mass is 10.1. The Balaban J connectivity index is 1.76. The first-order valence-electron chi connectivity index (χ1n) is 8.03. The van der Waals surface area contributed by atoms with Crippen molar-refractivity contribution in [2.24, 2.45) is 0 Å². The van der Waals surface area contributed by atoms with Gasteiger partial charge in [0.2, 0.25) is 5.91 Å². The third kappa shape index (κ3) is 3.37. The highest BCUT2D eigenvalue weighted by Gasteiger charge is 2.36. The van der Waals surface area contributed by atoms with Crippen molar-refractivity contribution in [1.29, 1.82) is 0 Å². The van der Waals surface area contributed by atoms with E-state index in [1.54, 1.807) is 15.8 Å². The molecule has 1 atom stereocenters. The number of carbonyl (C=O) groups excluding carboxylic acids is 2. The number of aromatic nitrogens is 2. The van der Waals surface area contributed by atoms with Crippen LogP contribution >= 0.6 is 0 Å². The summed E-state index contributed by atoms with van der Waals surface area (Å²) in [5.74, 6) is -0.264. The lowest BCUT2D eigenvalue weighted by Gasteiger charge is -2.36. The SMILES string of the molecule is CCOCC(=O)N1Cc2ccnn2C(C(=O)N2CCCCO2)C1. The van der Waals surface area contributed by atoms with Crippen molar-refractivity contribution in [3.05, 3.63) is 18.0 Å². The second kappa shape index (κ2) is 7.10. The van der Waals surface area contributed by atoms with E-state index in [-0.39, 0.29) is 18.4 Å². The molecule has 0 radical (unpaired) electrons. The van der Waals surface area contributed by atoms with Crippen LogP contribution in [0.5, 0.6) is 0 Å². The summed E-state index contributed by atoms with van der Waals surface area (Å²) in [6.07, 6.45) is 3.54. The zero-order valence-electron chi connectivity index (χ0n) is 13.3. The average molecular weight is 322 g/mol. The molecule has 1 aromatic heterocycles. The smallest absolute Gasteiger partial charge is 0.272 e. The number of hydrogen-bond donors (Lipinski definition) is 0. The standard InChI is InChI=1S/C15H22N4O4/c1-2-22-11-14(20)17-9-12-5-6-16-19(12)13(10-17)15(21)18-7-3-4-8-23-18/h5-6,13H,2-4,7-11H2,1H3. The molecule has 23 heavy (non-hydrogen) atoms. The third-order valence-corrected chi connectivity index (χ3v) is 4.11. The van der Waals surface area contributed by atoms with Crippen LogP contribution in [0.3, 0.4) is 0 Å². The molecule has 8 nitrogen and oxygen atoms in total. The first-order chi connectivity index (χ1) is 11.2. The fraction of sp³-hybridized carbons (Fsp3) is 0.667. The van der Waals surface area contributed by atoms with Crippen LogP contribution in [0, 0.1) is 0 Å². The van der Waals surface area contributed by atoms with Gasteiger partial charge in [0.05, 0.1) is 25.4 Å². The second-order valence-electron chi connectivity index (χ2n) is 5.67. The number of rotatable bonds is 4. The Morgan fingerprint density at radius 1 is 1.43 bits per heavy atom. The molecule has 2 amide bonds. The molecule has 0 aliphatic carbocycles. The summed E-state index contributed by atoms with van der Waals surface area (Å²) in [7, 11) is 0. The van der Waals surface area contributed by atoms with Crippen LogP contribution in [0.2, 0.25) is 0 Å². The van der Waals surface area contributed by atoms with E-state index in [1.165, 1.54) is 5.06 Å². The van der Waals surface area contributed by atoms with Gasteiger partial charge in [0.1, 0.15) is 6.61 Å². The summed E-state index contributed by atoms with van der Waals surface area (Å²) in [6, 6.07) is 1.29. The van der Waals surface area contributed by atoms with Crippen molar-refractivity contribution in [3.8, 4) is 0 Å².